The first-order chi connectivity index (χ1) is 14.2. The molecule has 0 spiro atoms. The molecule has 3 aromatic rings. The zero-order chi connectivity index (χ0) is 20.3. The van der Waals surface area contributed by atoms with Crippen LogP contribution in [0.1, 0.15) is 11.1 Å². The van der Waals surface area contributed by atoms with E-state index >= 15 is 0 Å². The van der Waals surface area contributed by atoms with Crippen LogP contribution in [-0.2, 0) is 13.0 Å². The number of aliphatic hydroxyl groups is 1. The van der Waals surface area contributed by atoms with Crippen molar-refractivity contribution >= 4 is 5.69 Å². The topological polar surface area (TPSA) is 76.7 Å². The highest BCUT2D eigenvalue weighted by atomic mass is 16.5. The molecule has 0 fully saturated rings. The average Bonchev–Trinajstić information content (AvgIpc) is 2.76. The summed E-state index contributed by atoms with van der Waals surface area (Å²) in [5.41, 5.74) is 8.79. The third-order valence-electron chi connectivity index (χ3n) is 4.46. The van der Waals surface area contributed by atoms with Gasteiger partial charge >= 0.3 is 0 Å². The maximum absolute atomic E-state index is 10.1. The zero-order valence-corrected chi connectivity index (χ0v) is 16.5. The van der Waals surface area contributed by atoms with E-state index in [9.17, 15) is 5.11 Å². The van der Waals surface area contributed by atoms with E-state index in [0.717, 1.165) is 30.0 Å². The Hall–Kier alpha value is -3.02. The van der Waals surface area contributed by atoms with Crippen molar-refractivity contribution in [1.82, 2.24) is 5.32 Å². The zero-order valence-electron chi connectivity index (χ0n) is 16.5. The molecule has 0 heterocycles. The van der Waals surface area contributed by atoms with E-state index in [-0.39, 0.29) is 6.61 Å². The van der Waals surface area contributed by atoms with Gasteiger partial charge in [0.1, 0.15) is 30.8 Å². The van der Waals surface area contributed by atoms with Crippen LogP contribution >= 0.6 is 0 Å². The molecule has 1 unspecified atom stereocenters. The van der Waals surface area contributed by atoms with Crippen LogP contribution < -0.4 is 20.5 Å². The molecular formula is C24H28N2O3. The molecule has 29 heavy (non-hydrogen) atoms. The second-order valence-electron chi connectivity index (χ2n) is 6.91. The molecule has 0 amide bonds. The van der Waals surface area contributed by atoms with Gasteiger partial charge in [0.05, 0.1) is 0 Å². The molecule has 3 aromatic carbocycles. The van der Waals surface area contributed by atoms with E-state index < -0.39 is 6.10 Å². The summed E-state index contributed by atoms with van der Waals surface area (Å²) in [6.07, 6.45) is 0.314. The molecule has 0 saturated heterocycles. The fourth-order valence-electron chi connectivity index (χ4n) is 2.81. The fraction of sp³-hybridized carbons (Fsp3) is 0.250. The summed E-state index contributed by atoms with van der Waals surface area (Å²) in [6, 6.07) is 25.3. The van der Waals surface area contributed by atoms with Crippen molar-refractivity contribution in [3.63, 3.8) is 0 Å². The lowest BCUT2D eigenvalue weighted by atomic mass is 10.1. The molecule has 3 rings (SSSR count). The maximum atomic E-state index is 10.1. The van der Waals surface area contributed by atoms with Crippen molar-refractivity contribution in [2.45, 2.75) is 19.1 Å². The summed E-state index contributed by atoms with van der Waals surface area (Å²) in [4.78, 5) is 0. The van der Waals surface area contributed by atoms with E-state index in [0.29, 0.717) is 18.9 Å². The van der Waals surface area contributed by atoms with Gasteiger partial charge in [0.25, 0.3) is 0 Å². The van der Waals surface area contributed by atoms with Gasteiger partial charge < -0.3 is 25.6 Å². The van der Waals surface area contributed by atoms with Crippen LogP contribution in [0.3, 0.4) is 0 Å². The summed E-state index contributed by atoms with van der Waals surface area (Å²) in [7, 11) is 0. The number of hydrogen-bond donors (Lipinski definition) is 3. The molecule has 1 atom stereocenters. The lowest BCUT2D eigenvalue weighted by molar-refractivity contribution is 0.106. The smallest absolute Gasteiger partial charge is 0.120 e. The molecule has 0 radical (unpaired) electrons. The molecule has 5 nitrogen and oxygen atoms in total. The van der Waals surface area contributed by atoms with Crippen molar-refractivity contribution in [2.24, 2.45) is 0 Å². The Morgan fingerprint density at radius 2 is 1.45 bits per heavy atom. The number of ether oxygens (including phenoxy) is 2. The summed E-state index contributed by atoms with van der Waals surface area (Å²) in [6.45, 7) is 2.03. The second-order valence-corrected chi connectivity index (χ2v) is 6.91. The van der Waals surface area contributed by atoms with E-state index in [1.807, 2.05) is 78.9 Å². The average molecular weight is 392 g/mol. The molecule has 4 N–H and O–H groups in total. The number of anilines is 1. The Morgan fingerprint density at radius 3 is 2.14 bits per heavy atom. The Bertz CT molecular complexity index is 836. The Balaban J connectivity index is 1.31. The normalized spacial score (nSPS) is 11.8. The quantitative estimate of drug-likeness (QED) is 0.344. The van der Waals surface area contributed by atoms with Gasteiger partial charge in [0.15, 0.2) is 0 Å². The predicted octanol–water partition coefficient (Wildman–Crippen LogP) is 3.42. The van der Waals surface area contributed by atoms with Gasteiger partial charge in [-0.25, -0.2) is 0 Å². The van der Waals surface area contributed by atoms with Crippen LogP contribution in [0.15, 0.2) is 78.9 Å². The van der Waals surface area contributed by atoms with E-state index in [1.165, 1.54) is 5.56 Å². The van der Waals surface area contributed by atoms with Crippen LogP contribution in [-0.4, -0.2) is 30.9 Å². The standard InChI is InChI=1S/C24H28N2O3/c25-21-8-6-19(7-9-21)14-15-26-16-22(27)18-29-24-12-10-23(11-13-24)28-17-20-4-2-1-3-5-20/h1-13,22,26-27H,14-18,25H2. The minimum Gasteiger partial charge on any atom is -0.491 e. The van der Waals surface area contributed by atoms with Gasteiger partial charge in [-0.3, -0.25) is 0 Å². The van der Waals surface area contributed by atoms with Gasteiger partial charge in [-0.15, -0.1) is 0 Å². The number of benzene rings is 3. The summed E-state index contributed by atoms with van der Waals surface area (Å²) >= 11 is 0. The summed E-state index contributed by atoms with van der Waals surface area (Å²) < 4.78 is 11.4. The Morgan fingerprint density at radius 1 is 0.793 bits per heavy atom. The van der Waals surface area contributed by atoms with Crippen LogP contribution in [0, 0.1) is 0 Å². The Kier molecular flexibility index (Phi) is 7.92. The minimum absolute atomic E-state index is 0.235. The monoisotopic (exact) mass is 392 g/mol. The lowest BCUT2D eigenvalue weighted by Crippen LogP contribution is -2.32. The van der Waals surface area contributed by atoms with Crippen LogP contribution in [0.4, 0.5) is 5.69 Å². The fourth-order valence-corrected chi connectivity index (χ4v) is 2.81. The molecule has 5 heteroatoms. The molecule has 0 aliphatic carbocycles. The first kappa shape index (κ1) is 20.7. The number of rotatable bonds is 11. The highest BCUT2D eigenvalue weighted by molar-refractivity contribution is 5.39. The third-order valence-corrected chi connectivity index (χ3v) is 4.46. The molecule has 0 bridgehead atoms. The van der Waals surface area contributed by atoms with Gasteiger partial charge in [-0.05, 0) is 60.5 Å². The first-order valence-electron chi connectivity index (χ1n) is 9.82. The molecule has 0 aliphatic rings. The maximum Gasteiger partial charge on any atom is 0.120 e. The number of nitrogens with two attached hydrogens (primary N) is 1. The number of aliphatic hydroxyl groups excluding tert-OH is 1. The number of hydrogen-bond acceptors (Lipinski definition) is 5. The van der Waals surface area contributed by atoms with Crippen molar-refractivity contribution in [1.29, 1.82) is 0 Å². The summed E-state index contributed by atoms with van der Waals surface area (Å²) in [5.74, 6) is 1.49. The van der Waals surface area contributed by atoms with Crippen LogP contribution in [0.5, 0.6) is 11.5 Å². The number of nitrogen functional groups attached to an aromatic ring is 1. The largest absolute Gasteiger partial charge is 0.491 e. The first-order valence-corrected chi connectivity index (χ1v) is 9.82. The number of nitrogens with one attached hydrogen (secondary N) is 1. The lowest BCUT2D eigenvalue weighted by Gasteiger charge is -2.14. The molecule has 152 valence electrons. The molecule has 0 saturated carbocycles. The van der Waals surface area contributed by atoms with Crippen molar-refractivity contribution in [3.8, 4) is 11.5 Å². The van der Waals surface area contributed by atoms with Crippen LogP contribution in [0.2, 0.25) is 0 Å². The Labute approximate surface area is 172 Å². The van der Waals surface area contributed by atoms with Crippen molar-refractivity contribution in [3.05, 3.63) is 90.0 Å². The SMILES string of the molecule is Nc1ccc(CCNCC(O)COc2ccc(OCc3ccccc3)cc2)cc1. The van der Waals surface area contributed by atoms with Gasteiger partial charge in [-0.2, -0.15) is 0 Å². The van der Waals surface area contributed by atoms with Gasteiger partial charge in [-0.1, -0.05) is 42.5 Å². The molecular weight excluding hydrogens is 364 g/mol. The van der Waals surface area contributed by atoms with E-state index in [1.54, 1.807) is 0 Å². The van der Waals surface area contributed by atoms with E-state index in [4.69, 9.17) is 15.2 Å². The van der Waals surface area contributed by atoms with Gasteiger partial charge in [0.2, 0.25) is 0 Å². The van der Waals surface area contributed by atoms with Crippen molar-refractivity contribution < 1.29 is 14.6 Å². The highest BCUT2D eigenvalue weighted by Crippen LogP contribution is 2.19. The van der Waals surface area contributed by atoms with Gasteiger partial charge in [0, 0.05) is 12.2 Å². The molecule has 0 aliphatic heterocycles. The summed E-state index contributed by atoms with van der Waals surface area (Å²) in [5, 5.41) is 13.3. The van der Waals surface area contributed by atoms with Crippen molar-refractivity contribution in [2.75, 3.05) is 25.4 Å². The minimum atomic E-state index is -0.574. The third kappa shape index (κ3) is 7.49. The molecule has 0 aromatic heterocycles. The van der Waals surface area contributed by atoms with Crippen LogP contribution in [0.25, 0.3) is 0 Å². The second kappa shape index (κ2) is 11.1. The van der Waals surface area contributed by atoms with E-state index in [2.05, 4.69) is 5.32 Å². The highest BCUT2D eigenvalue weighted by Gasteiger charge is 2.05. The predicted molar refractivity (Wildman–Crippen MR) is 116 cm³/mol.